The topological polar surface area (TPSA) is 104 Å². The summed E-state index contributed by atoms with van der Waals surface area (Å²) in [6, 6.07) is 33.7. The van der Waals surface area contributed by atoms with Crippen molar-refractivity contribution in [3.63, 3.8) is 0 Å². The van der Waals surface area contributed by atoms with Crippen LogP contribution < -0.4 is 0 Å². The summed E-state index contributed by atoms with van der Waals surface area (Å²) in [6.07, 6.45) is 9.69. The number of imidazole rings is 2. The SMILES string of the molecule is CCN(CC)[C@@H](C(=O)N1CCC[C@H]1c1nc2c([nH]1)CCCc1cc(-c3ccc4c(c3)CCCc3[nH]c([C@@H]5CCCN5C(=O)[C@@H](c5ccccc5)N(CC)CC)nc3-4)ccc1-2)c1ccccc1. The Morgan fingerprint density at radius 1 is 0.561 bits per heavy atom. The summed E-state index contributed by atoms with van der Waals surface area (Å²) in [5.41, 5.74) is 14.1. The van der Waals surface area contributed by atoms with Crippen LogP contribution in [0.1, 0.15) is 136 Å². The lowest BCUT2D eigenvalue weighted by molar-refractivity contribution is -0.139. The van der Waals surface area contributed by atoms with Crippen LogP contribution in [0.25, 0.3) is 33.6 Å². The number of aryl methyl sites for hydroxylation is 4. The molecule has 0 radical (unpaired) electrons. The van der Waals surface area contributed by atoms with Crippen molar-refractivity contribution in [2.24, 2.45) is 0 Å². The Labute approximate surface area is 390 Å². The average molecular weight is 883 g/mol. The highest BCUT2D eigenvalue weighted by Gasteiger charge is 2.40. The van der Waals surface area contributed by atoms with Gasteiger partial charge in [-0.3, -0.25) is 19.4 Å². The van der Waals surface area contributed by atoms with Gasteiger partial charge < -0.3 is 19.8 Å². The molecule has 2 aliphatic carbocycles. The van der Waals surface area contributed by atoms with Gasteiger partial charge in [0, 0.05) is 35.6 Å². The van der Waals surface area contributed by atoms with Crippen LogP contribution in [-0.4, -0.2) is 90.6 Å². The number of hydrogen-bond acceptors (Lipinski definition) is 6. The predicted octanol–water partition coefficient (Wildman–Crippen LogP) is 10.6. The molecule has 0 unspecified atom stereocenters. The first-order valence-corrected chi connectivity index (χ1v) is 25.0. The molecule has 10 heteroatoms. The number of hydrogen-bond donors (Lipinski definition) is 2. The van der Waals surface area contributed by atoms with Crippen LogP contribution in [-0.2, 0) is 35.3 Å². The Hall–Kier alpha value is -5.84. The quantitative estimate of drug-likeness (QED) is 0.120. The summed E-state index contributed by atoms with van der Waals surface area (Å²) in [7, 11) is 0. The van der Waals surface area contributed by atoms with E-state index in [4.69, 9.17) is 9.97 Å². The molecule has 4 atom stereocenters. The first-order valence-electron chi connectivity index (χ1n) is 25.0. The van der Waals surface area contributed by atoms with Gasteiger partial charge in [-0.25, -0.2) is 9.97 Å². The minimum atomic E-state index is -0.309. The van der Waals surface area contributed by atoms with Crippen LogP contribution in [0.3, 0.4) is 0 Å². The van der Waals surface area contributed by atoms with E-state index in [0.717, 1.165) is 138 Å². The van der Waals surface area contributed by atoms with Crippen LogP contribution in [0.15, 0.2) is 97.1 Å². The molecule has 2 aliphatic heterocycles. The number of carbonyl (C=O) groups is 2. The Bertz CT molecular complexity index is 2480. The van der Waals surface area contributed by atoms with E-state index in [-0.39, 0.29) is 36.0 Å². The van der Waals surface area contributed by atoms with Crippen LogP contribution >= 0.6 is 0 Å². The van der Waals surface area contributed by atoms with E-state index in [1.807, 2.05) is 36.4 Å². The molecule has 0 bridgehead atoms. The molecule has 2 amide bonds. The lowest BCUT2D eigenvalue weighted by atomic mass is 9.93. The molecule has 2 aromatic heterocycles. The average Bonchev–Trinajstić information content (AvgIpc) is 4.18. The third-order valence-corrected chi connectivity index (χ3v) is 15.2. The maximum atomic E-state index is 14.5. The standard InChI is InChI=1S/C56H66N8O2/c1-5-61(6-2)51(37-19-11-9-12-20-37)55(65)63-33-17-27-47(63)53-57-45-25-15-23-41-35-39(29-31-43(41)49(45)59-53)40-30-32-44-42(36-40)24-16-26-46-50(44)60-54(58-46)48-28-18-34-64(48)56(66)52(62(7-3)8-4)38-21-13-10-14-22-38/h9-14,19-22,29-32,35-36,47-48,51-52H,5-8,15-18,23-28,33-34H2,1-4H3,(H,57,59)(H,58,60)/t47-,48-,51+,52+/m0/s1. The number of rotatable bonds is 13. The van der Waals surface area contributed by atoms with Crippen molar-refractivity contribution in [3.05, 3.63) is 142 Å². The third kappa shape index (κ3) is 8.21. The first kappa shape index (κ1) is 44.0. The summed E-state index contributed by atoms with van der Waals surface area (Å²) in [5, 5.41) is 0. The molecule has 4 aliphatic rings. The number of likely N-dealkylation sites (tertiary alicyclic amines) is 2. The molecule has 6 aromatic rings. The molecule has 66 heavy (non-hydrogen) atoms. The molecular weight excluding hydrogens is 817 g/mol. The van der Waals surface area contributed by atoms with Crippen LogP contribution in [0.5, 0.6) is 0 Å². The maximum absolute atomic E-state index is 14.5. The number of carbonyl (C=O) groups excluding carboxylic acids is 2. The normalized spacial score (nSPS) is 18.9. The Kier molecular flexibility index (Phi) is 12.8. The molecule has 10 rings (SSSR count). The number of H-pyrrole nitrogens is 2. The van der Waals surface area contributed by atoms with Gasteiger partial charge >= 0.3 is 0 Å². The minimum absolute atomic E-state index is 0.0660. The van der Waals surface area contributed by atoms with Gasteiger partial charge in [0.05, 0.1) is 23.5 Å². The van der Waals surface area contributed by atoms with E-state index in [0.29, 0.717) is 0 Å². The van der Waals surface area contributed by atoms with Gasteiger partial charge in [0.25, 0.3) is 0 Å². The summed E-state index contributed by atoms with van der Waals surface area (Å²) in [6.45, 7) is 13.3. The zero-order chi connectivity index (χ0) is 45.3. The molecule has 2 fully saturated rings. The summed E-state index contributed by atoms with van der Waals surface area (Å²) >= 11 is 0. The van der Waals surface area contributed by atoms with Crippen LogP contribution in [0.4, 0.5) is 0 Å². The summed E-state index contributed by atoms with van der Waals surface area (Å²) < 4.78 is 0. The fourth-order valence-corrected chi connectivity index (χ4v) is 11.7. The molecule has 342 valence electrons. The van der Waals surface area contributed by atoms with Gasteiger partial charge in [-0.2, -0.15) is 0 Å². The van der Waals surface area contributed by atoms with Crippen molar-refractivity contribution in [2.75, 3.05) is 39.3 Å². The van der Waals surface area contributed by atoms with E-state index in [1.165, 1.54) is 44.8 Å². The van der Waals surface area contributed by atoms with Gasteiger partial charge in [0.15, 0.2) is 0 Å². The minimum Gasteiger partial charge on any atom is -0.344 e. The molecule has 2 N–H and O–H groups in total. The lowest BCUT2D eigenvalue weighted by Gasteiger charge is -2.34. The largest absolute Gasteiger partial charge is 0.344 e. The van der Waals surface area contributed by atoms with Crippen molar-refractivity contribution in [1.82, 2.24) is 39.5 Å². The number of aromatic amines is 2. The molecule has 0 saturated carbocycles. The van der Waals surface area contributed by atoms with E-state index in [9.17, 15) is 9.59 Å². The summed E-state index contributed by atoms with van der Waals surface area (Å²) in [5.74, 6) is 2.18. The molecule has 2 saturated heterocycles. The van der Waals surface area contributed by atoms with Crippen molar-refractivity contribution in [1.29, 1.82) is 0 Å². The van der Waals surface area contributed by atoms with Gasteiger partial charge in [0.2, 0.25) is 11.8 Å². The van der Waals surface area contributed by atoms with Gasteiger partial charge in [-0.1, -0.05) is 125 Å². The van der Waals surface area contributed by atoms with Crippen LogP contribution in [0.2, 0.25) is 0 Å². The molecular formula is C56H66N8O2. The smallest absolute Gasteiger partial charge is 0.245 e. The zero-order valence-electron chi connectivity index (χ0n) is 39.4. The fourth-order valence-electron chi connectivity index (χ4n) is 11.7. The second-order valence-electron chi connectivity index (χ2n) is 18.8. The number of aromatic nitrogens is 4. The summed E-state index contributed by atoms with van der Waals surface area (Å²) in [4.78, 5) is 56.1. The zero-order valence-corrected chi connectivity index (χ0v) is 39.4. The lowest BCUT2D eigenvalue weighted by Crippen LogP contribution is -2.43. The molecule has 4 heterocycles. The van der Waals surface area contributed by atoms with Crippen LogP contribution in [0, 0.1) is 0 Å². The van der Waals surface area contributed by atoms with E-state index >= 15 is 0 Å². The van der Waals surface area contributed by atoms with E-state index < -0.39 is 0 Å². The Morgan fingerprint density at radius 3 is 1.36 bits per heavy atom. The highest BCUT2D eigenvalue weighted by atomic mass is 16.2. The number of nitrogens with one attached hydrogen (secondary N) is 2. The molecule has 0 spiro atoms. The number of nitrogens with zero attached hydrogens (tertiary/aromatic N) is 6. The number of fused-ring (bicyclic) bond motifs is 6. The number of likely N-dealkylation sites (N-methyl/N-ethyl adjacent to an activating group) is 2. The van der Waals surface area contributed by atoms with Gasteiger partial charge in [-0.05, 0) is 124 Å². The highest BCUT2D eigenvalue weighted by molar-refractivity contribution is 5.85. The Morgan fingerprint density at radius 2 is 0.970 bits per heavy atom. The van der Waals surface area contributed by atoms with Gasteiger partial charge in [0.1, 0.15) is 23.7 Å². The van der Waals surface area contributed by atoms with Crippen molar-refractivity contribution in [2.45, 2.75) is 116 Å². The van der Waals surface area contributed by atoms with E-state index in [2.05, 4.69) is 118 Å². The van der Waals surface area contributed by atoms with E-state index in [1.54, 1.807) is 0 Å². The Balaban J connectivity index is 0.898. The predicted molar refractivity (Wildman–Crippen MR) is 263 cm³/mol. The van der Waals surface area contributed by atoms with Gasteiger partial charge in [-0.15, -0.1) is 0 Å². The fraction of sp³-hybridized carbons (Fsp3) is 0.429. The second kappa shape index (κ2) is 19.2. The number of benzene rings is 4. The van der Waals surface area contributed by atoms with Crippen molar-refractivity contribution < 1.29 is 9.59 Å². The van der Waals surface area contributed by atoms with Crippen molar-refractivity contribution in [3.8, 4) is 33.6 Å². The maximum Gasteiger partial charge on any atom is 0.245 e. The highest BCUT2D eigenvalue weighted by Crippen LogP contribution is 2.42. The van der Waals surface area contributed by atoms with Crippen molar-refractivity contribution >= 4 is 11.8 Å². The monoisotopic (exact) mass is 883 g/mol. The molecule has 4 aromatic carbocycles. The number of amides is 2. The first-order chi connectivity index (χ1) is 32.4. The molecule has 10 nitrogen and oxygen atoms in total. The third-order valence-electron chi connectivity index (χ3n) is 15.2. The second-order valence-corrected chi connectivity index (χ2v) is 18.8.